The van der Waals surface area contributed by atoms with E-state index in [0.29, 0.717) is 10.7 Å². The summed E-state index contributed by atoms with van der Waals surface area (Å²) >= 11 is 6.09. The molecule has 1 aliphatic rings. The molecule has 2 aromatic rings. The molecule has 1 N–H and O–H groups in total. The number of likely N-dealkylation sites (N-methyl/N-ethyl adjacent to an activating group) is 1. The molecule has 0 bridgehead atoms. The maximum Gasteiger partial charge on any atom is 0.266 e. The van der Waals surface area contributed by atoms with Crippen molar-refractivity contribution in [2.24, 2.45) is 0 Å². The van der Waals surface area contributed by atoms with Gasteiger partial charge in [0.25, 0.3) is 5.91 Å². The highest BCUT2D eigenvalue weighted by Crippen LogP contribution is 2.39. The van der Waals surface area contributed by atoms with Crippen LogP contribution in [0.3, 0.4) is 0 Å². The number of anilines is 2. The van der Waals surface area contributed by atoms with E-state index in [1.165, 1.54) is 5.57 Å². The molecule has 0 saturated heterocycles. The fourth-order valence-corrected chi connectivity index (χ4v) is 4.02. The van der Waals surface area contributed by atoms with Gasteiger partial charge in [-0.1, -0.05) is 35.9 Å². The van der Waals surface area contributed by atoms with E-state index in [1.807, 2.05) is 18.2 Å². The minimum atomic E-state index is -0.484. The highest BCUT2D eigenvalue weighted by atomic mass is 35.5. The van der Waals surface area contributed by atoms with Crippen molar-refractivity contribution in [1.29, 1.82) is 5.26 Å². The molecule has 2 aromatic carbocycles. The number of hydrogen-bond acceptors (Lipinski definition) is 3. The molecule has 0 aromatic heterocycles. The van der Waals surface area contributed by atoms with E-state index in [9.17, 15) is 10.1 Å². The summed E-state index contributed by atoms with van der Waals surface area (Å²) in [5.74, 6) is -0.484. The number of nitrogens with zero attached hydrogens (tertiary/aromatic N) is 2. The Morgan fingerprint density at radius 1 is 1.28 bits per heavy atom. The fraction of sp³-hybridized carbons (Fsp3) is 0.250. The zero-order valence-electron chi connectivity index (χ0n) is 17.1. The zero-order valence-corrected chi connectivity index (χ0v) is 17.8. The van der Waals surface area contributed by atoms with Crippen molar-refractivity contribution in [3.63, 3.8) is 0 Å². The van der Waals surface area contributed by atoms with Crippen LogP contribution in [0.1, 0.15) is 38.8 Å². The van der Waals surface area contributed by atoms with E-state index in [2.05, 4.69) is 50.1 Å². The van der Waals surface area contributed by atoms with Crippen molar-refractivity contribution >= 4 is 40.5 Å². The molecule has 0 unspecified atom stereocenters. The normalized spacial score (nSPS) is 15.2. The van der Waals surface area contributed by atoms with Gasteiger partial charge in [0.15, 0.2) is 0 Å². The minimum absolute atomic E-state index is 0.0231. The molecular formula is C24H24ClN3O. The summed E-state index contributed by atoms with van der Waals surface area (Å²) in [7, 11) is 0. The van der Waals surface area contributed by atoms with E-state index in [4.69, 9.17) is 11.6 Å². The number of amides is 1. The first kappa shape index (κ1) is 20.7. The molecular weight excluding hydrogens is 382 g/mol. The van der Waals surface area contributed by atoms with E-state index >= 15 is 0 Å². The van der Waals surface area contributed by atoms with Gasteiger partial charge in [0.2, 0.25) is 0 Å². The van der Waals surface area contributed by atoms with Gasteiger partial charge in [0.1, 0.15) is 11.6 Å². The second-order valence-electron chi connectivity index (χ2n) is 7.61. The van der Waals surface area contributed by atoms with Crippen LogP contribution in [-0.2, 0) is 4.79 Å². The number of hydrogen-bond donors (Lipinski definition) is 1. The van der Waals surface area contributed by atoms with Gasteiger partial charge in [-0.15, -0.1) is 0 Å². The van der Waals surface area contributed by atoms with Gasteiger partial charge in [0, 0.05) is 17.8 Å². The van der Waals surface area contributed by atoms with Gasteiger partial charge in [-0.3, -0.25) is 4.79 Å². The minimum Gasteiger partial charge on any atom is -0.363 e. The lowest BCUT2D eigenvalue weighted by molar-refractivity contribution is -0.112. The number of rotatable bonds is 4. The van der Waals surface area contributed by atoms with Crippen molar-refractivity contribution in [3.05, 3.63) is 70.3 Å². The highest BCUT2D eigenvalue weighted by Gasteiger charge is 2.30. The molecule has 1 amide bonds. The van der Waals surface area contributed by atoms with Gasteiger partial charge < -0.3 is 10.2 Å². The first-order valence-electron chi connectivity index (χ1n) is 9.56. The van der Waals surface area contributed by atoms with E-state index < -0.39 is 5.91 Å². The maximum atomic E-state index is 12.6. The smallest absolute Gasteiger partial charge is 0.266 e. The molecule has 4 nitrogen and oxygen atoms in total. The van der Waals surface area contributed by atoms with Crippen molar-refractivity contribution in [2.75, 3.05) is 16.8 Å². The van der Waals surface area contributed by atoms with Crippen molar-refractivity contribution in [3.8, 4) is 6.07 Å². The van der Waals surface area contributed by atoms with Crippen LogP contribution in [0.5, 0.6) is 0 Å². The lowest BCUT2D eigenvalue weighted by Gasteiger charge is -2.42. The average Bonchev–Trinajstić information content (AvgIpc) is 2.67. The van der Waals surface area contributed by atoms with Gasteiger partial charge in [-0.05, 0) is 69.2 Å². The number of carbonyl (C=O) groups excluding carboxylic acids is 1. The molecule has 5 heteroatoms. The van der Waals surface area contributed by atoms with Gasteiger partial charge in [0.05, 0.1) is 16.2 Å². The molecule has 1 heterocycles. The van der Waals surface area contributed by atoms with E-state index in [0.717, 1.165) is 23.4 Å². The third kappa shape index (κ3) is 4.21. The van der Waals surface area contributed by atoms with Crippen LogP contribution in [0, 0.1) is 11.3 Å². The van der Waals surface area contributed by atoms with Crippen molar-refractivity contribution in [2.45, 2.75) is 33.2 Å². The van der Waals surface area contributed by atoms with Crippen LogP contribution < -0.4 is 10.2 Å². The second kappa shape index (κ2) is 8.14. The topological polar surface area (TPSA) is 56.1 Å². The Bertz CT molecular complexity index is 1060. The lowest BCUT2D eigenvalue weighted by Crippen LogP contribution is -2.44. The molecule has 148 valence electrons. The number of benzene rings is 2. The molecule has 3 rings (SSSR count). The SMILES string of the molecule is CCN1c2ccc(/C=C(/C#N)C(=O)Nc3ccccc3Cl)cc2C(C)=CC1(C)C. The number of halogens is 1. The molecule has 1 aliphatic heterocycles. The highest BCUT2D eigenvalue weighted by molar-refractivity contribution is 6.34. The maximum absolute atomic E-state index is 12.6. The van der Waals surface area contributed by atoms with Crippen LogP contribution in [0.15, 0.2) is 54.1 Å². The van der Waals surface area contributed by atoms with E-state index in [1.54, 1.807) is 30.3 Å². The number of nitrogens with one attached hydrogen (secondary N) is 1. The zero-order chi connectivity index (χ0) is 21.2. The summed E-state index contributed by atoms with van der Waals surface area (Å²) in [5, 5.41) is 12.6. The number of carbonyl (C=O) groups is 1. The monoisotopic (exact) mass is 405 g/mol. The summed E-state index contributed by atoms with van der Waals surface area (Å²) in [6.45, 7) is 9.52. The molecule has 29 heavy (non-hydrogen) atoms. The second-order valence-corrected chi connectivity index (χ2v) is 8.01. The summed E-state index contributed by atoms with van der Waals surface area (Å²) in [5.41, 5.74) is 4.70. The average molecular weight is 406 g/mol. The Labute approximate surface area is 177 Å². The Morgan fingerprint density at radius 3 is 2.66 bits per heavy atom. The van der Waals surface area contributed by atoms with Gasteiger partial charge >= 0.3 is 0 Å². The van der Waals surface area contributed by atoms with Crippen LogP contribution in [-0.4, -0.2) is 18.0 Å². The predicted octanol–water partition coefficient (Wildman–Crippen LogP) is 5.91. The number of para-hydroxylation sites is 1. The molecule has 0 spiro atoms. The number of allylic oxidation sites excluding steroid dienone is 1. The Hall–Kier alpha value is -3.03. The van der Waals surface area contributed by atoms with E-state index in [-0.39, 0.29) is 11.1 Å². The Balaban J connectivity index is 1.94. The van der Waals surface area contributed by atoms with Gasteiger partial charge in [-0.2, -0.15) is 5.26 Å². The summed E-state index contributed by atoms with van der Waals surface area (Å²) < 4.78 is 0. The predicted molar refractivity (Wildman–Crippen MR) is 121 cm³/mol. The summed E-state index contributed by atoms with van der Waals surface area (Å²) in [4.78, 5) is 14.9. The quantitative estimate of drug-likeness (QED) is 0.508. The van der Waals surface area contributed by atoms with Crippen LogP contribution in [0.4, 0.5) is 11.4 Å². The molecule has 0 radical (unpaired) electrons. The largest absolute Gasteiger partial charge is 0.363 e. The van der Waals surface area contributed by atoms with Crippen LogP contribution in [0.2, 0.25) is 5.02 Å². The first-order chi connectivity index (χ1) is 13.8. The van der Waals surface area contributed by atoms with Crippen LogP contribution in [0.25, 0.3) is 11.6 Å². The number of nitriles is 1. The van der Waals surface area contributed by atoms with Crippen molar-refractivity contribution < 1.29 is 4.79 Å². The fourth-order valence-electron chi connectivity index (χ4n) is 3.84. The third-order valence-electron chi connectivity index (χ3n) is 5.12. The van der Waals surface area contributed by atoms with Gasteiger partial charge in [-0.25, -0.2) is 0 Å². The van der Waals surface area contributed by atoms with Crippen LogP contribution >= 0.6 is 11.6 Å². The lowest BCUT2D eigenvalue weighted by atomic mass is 9.88. The molecule has 0 fully saturated rings. The first-order valence-corrected chi connectivity index (χ1v) is 9.94. The Kier molecular flexibility index (Phi) is 5.81. The Morgan fingerprint density at radius 2 is 2.00 bits per heavy atom. The standard InChI is InChI=1S/C24H24ClN3O/c1-5-28-22-11-10-17(13-19(22)16(2)14-24(28,3)4)12-18(15-26)23(29)27-21-9-7-6-8-20(21)25/h6-14H,5H2,1-4H3,(H,27,29)/b18-12-. The summed E-state index contributed by atoms with van der Waals surface area (Å²) in [6, 6.07) is 15.0. The molecule has 0 saturated carbocycles. The third-order valence-corrected chi connectivity index (χ3v) is 5.45. The molecule has 0 aliphatic carbocycles. The number of fused-ring (bicyclic) bond motifs is 1. The summed E-state index contributed by atoms with van der Waals surface area (Å²) in [6.07, 6.45) is 3.86. The molecule has 0 atom stereocenters. The van der Waals surface area contributed by atoms with Crippen molar-refractivity contribution in [1.82, 2.24) is 0 Å².